The van der Waals surface area contributed by atoms with Crippen molar-refractivity contribution in [1.29, 1.82) is 0 Å². The number of carbonyl (C=O) groups is 1. The predicted octanol–water partition coefficient (Wildman–Crippen LogP) is 2.18. The molecule has 1 unspecified atom stereocenters. The molecule has 2 aromatic carbocycles. The highest BCUT2D eigenvalue weighted by Crippen LogP contribution is 2.25. The molecule has 6 heteroatoms. The summed E-state index contributed by atoms with van der Waals surface area (Å²) in [6.45, 7) is 0. The maximum absolute atomic E-state index is 13.3. The zero-order valence-corrected chi connectivity index (χ0v) is 11.3. The lowest BCUT2D eigenvalue weighted by Gasteiger charge is -2.18. The fraction of sp³-hybridized carbons (Fsp3) is 0.133. The van der Waals surface area contributed by atoms with Crippen molar-refractivity contribution < 1.29 is 19.0 Å². The molecule has 0 bridgehead atoms. The van der Waals surface area contributed by atoms with E-state index in [0.717, 1.165) is 12.1 Å². The van der Waals surface area contributed by atoms with E-state index in [-0.39, 0.29) is 11.3 Å². The van der Waals surface area contributed by atoms with Gasteiger partial charge < -0.3 is 20.9 Å². The van der Waals surface area contributed by atoms with Gasteiger partial charge in [0.1, 0.15) is 23.4 Å². The van der Waals surface area contributed by atoms with E-state index in [2.05, 4.69) is 5.32 Å². The number of nitrogens with one attached hydrogen (secondary N) is 1. The predicted molar refractivity (Wildman–Crippen MR) is 76.6 cm³/mol. The largest absolute Gasteiger partial charge is 0.508 e. The number of methoxy groups -OCH3 is 1. The molecule has 2 rings (SSSR count). The molecule has 0 aliphatic rings. The first-order valence-corrected chi connectivity index (χ1v) is 6.19. The number of ether oxygens (including phenoxy) is 1. The Hall–Kier alpha value is -2.76. The summed E-state index contributed by atoms with van der Waals surface area (Å²) in [7, 11) is 1.52. The van der Waals surface area contributed by atoms with Crippen molar-refractivity contribution in [2.75, 3.05) is 12.4 Å². The first kappa shape index (κ1) is 14.6. The van der Waals surface area contributed by atoms with Gasteiger partial charge in [0, 0.05) is 17.8 Å². The van der Waals surface area contributed by atoms with Crippen LogP contribution in [0.15, 0.2) is 42.5 Å². The highest BCUT2D eigenvalue weighted by Gasteiger charge is 2.19. The molecule has 110 valence electrons. The van der Waals surface area contributed by atoms with Crippen LogP contribution in [0.5, 0.6) is 11.5 Å². The average Bonchev–Trinajstić information content (AvgIpc) is 2.43. The van der Waals surface area contributed by atoms with Crippen LogP contribution in [0.4, 0.5) is 10.1 Å². The van der Waals surface area contributed by atoms with E-state index in [0.29, 0.717) is 11.4 Å². The minimum absolute atomic E-state index is 0.239. The Kier molecular flexibility index (Phi) is 4.27. The van der Waals surface area contributed by atoms with Gasteiger partial charge in [0.15, 0.2) is 0 Å². The summed E-state index contributed by atoms with van der Waals surface area (Å²) >= 11 is 0. The molecule has 21 heavy (non-hydrogen) atoms. The number of phenols is 1. The summed E-state index contributed by atoms with van der Waals surface area (Å²) in [5, 5.41) is 12.3. The van der Waals surface area contributed by atoms with Crippen molar-refractivity contribution in [3.05, 3.63) is 53.8 Å². The van der Waals surface area contributed by atoms with Gasteiger partial charge in [-0.15, -0.1) is 0 Å². The van der Waals surface area contributed by atoms with Gasteiger partial charge in [-0.3, -0.25) is 4.79 Å². The Balaban J connectivity index is 2.32. The first-order valence-electron chi connectivity index (χ1n) is 6.19. The maximum Gasteiger partial charge on any atom is 0.244 e. The van der Waals surface area contributed by atoms with Crippen LogP contribution in [0.1, 0.15) is 11.6 Å². The number of benzene rings is 2. The Morgan fingerprint density at radius 2 is 2.10 bits per heavy atom. The lowest BCUT2D eigenvalue weighted by Crippen LogP contribution is -2.27. The standard InChI is InChI=1S/C15H15FN2O3/c1-21-13-4-2-3-11(8-13)18-14(15(17)20)9-5-10(16)7-12(19)6-9/h2-8,14,18-19H,1H3,(H2,17,20). The minimum Gasteiger partial charge on any atom is -0.508 e. The summed E-state index contributed by atoms with van der Waals surface area (Å²) in [6.07, 6.45) is 0. The van der Waals surface area contributed by atoms with Crippen LogP contribution in [0.2, 0.25) is 0 Å². The molecule has 1 amide bonds. The second-order valence-corrected chi connectivity index (χ2v) is 4.45. The van der Waals surface area contributed by atoms with Crippen molar-refractivity contribution in [3.8, 4) is 11.5 Å². The molecular formula is C15H15FN2O3. The van der Waals surface area contributed by atoms with Crippen molar-refractivity contribution in [2.45, 2.75) is 6.04 Å². The van der Waals surface area contributed by atoms with Crippen LogP contribution in [-0.4, -0.2) is 18.1 Å². The number of hydrogen-bond donors (Lipinski definition) is 3. The van der Waals surface area contributed by atoms with Gasteiger partial charge in [-0.05, 0) is 29.8 Å². The van der Waals surface area contributed by atoms with Gasteiger partial charge in [-0.2, -0.15) is 0 Å². The first-order chi connectivity index (χ1) is 9.99. The molecule has 0 radical (unpaired) electrons. The fourth-order valence-electron chi connectivity index (χ4n) is 1.96. The van der Waals surface area contributed by atoms with E-state index in [1.807, 2.05) is 0 Å². The van der Waals surface area contributed by atoms with Gasteiger partial charge in [-0.1, -0.05) is 6.07 Å². The Bertz CT molecular complexity index is 641. The molecule has 0 saturated carbocycles. The quantitative estimate of drug-likeness (QED) is 0.788. The van der Waals surface area contributed by atoms with E-state index < -0.39 is 17.8 Å². The van der Waals surface area contributed by atoms with Crippen molar-refractivity contribution in [1.82, 2.24) is 0 Å². The summed E-state index contributed by atoms with van der Waals surface area (Å²) < 4.78 is 18.4. The Morgan fingerprint density at radius 3 is 2.71 bits per heavy atom. The number of nitrogens with two attached hydrogens (primary N) is 1. The van der Waals surface area contributed by atoms with Crippen LogP contribution >= 0.6 is 0 Å². The number of carbonyl (C=O) groups excluding carboxylic acids is 1. The van der Waals surface area contributed by atoms with Crippen LogP contribution in [-0.2, 0) is 4.79 Å². The van der Waals surface area contributed by atoms with Gasteiger partial charge in [0.25, 0.3) is 0 Å². The van der Waals surface area contributed by atoms with Crippen molar-refractivity contribution in [2.24, 2.45) is 5.73 Å². The zero-order valence-electron chi connectivity index (χ0n) is 11.3. The lowest BCUT2D eigenvalue weighted by atomic mass is 10.1. The smallest absolute Gasteiger partial charge is 0.244 e. The van der Waals surface area contributed by atoms with E-state index in [1.165, 1.54) is 13.2 Å². The maximum atomic E-state index is 13.3. The van der Waals surface area contributed by atoms with Crippen molar-refractivity contribution >= 4 is 11.6 Å². The van der Waals surface area contributed by atoms with Crippen molar-refractivity contribution in [3.63, 3.8) is 0 Å². The fourth-order valence-corrected chi connectivity index (χ4v) is 1.96. The second-order valence-electron chi connectivity index (χ2n) is 4.45. The zero-order chi connectivity index (χ0) is 15.4. The summed E-state index contributed by atoms with van der Waals surface area (Å²) in [4.78, 5) is 11.6. The molecule has 4 N–H and O–H groups in total. The molecule has 2 aromatic rings. The Morgan fingerprint density at radius 1 is 1.33 bits per heavy atom. The third kappa shape index (κ3) is 3.62. The molecule has 0 aliphatic carbocycles. The van der Waals surface area contributed by atoms with Gasteiger partial charge in [0.05, 0.1) is 7.11 Å². The normalized spacial score (nSPS) is 11.7. The Labute approximate surface area is 121 Å². The molecule has 1 atom stereocenters. The number of rotatable bonds is 5. The lowest BCUT2D eigenvalue weighted by molar-refractivity contribution is -0.118. The topological polar surface area (TPSA) is 84.6 Å². The summed E-state index contributed by atoms with van der Waals surface area (Å²) in [6, 6.07) is 9.29. The molecule has 0 fully saturated rings. The number of halogens is 1. The van der Waals surface area contributed by atoms with Gasteiger partial charge in [-0.25, -0.2) is 4.39 Å². The molecular weight excluding hydrogens is 275 g/mol. The van der Waals surface area contributed by atoms with Crippen LogP contribution in [0.25, 0.3) is 0 Å². The monoisotopic (exact) mass is 290 g/mol. The number of primary amides is 1. The summed E-state index contributed by atoms with van der Waals surface area (Å²) in [5.41, 5.74) is 6.17. The highest BCUT2D eigenvalue weighted by atomic mass is 19.1. The van der Waals surface area contributed by atoms with Crippen LogP contribution < -0.4 is 15.8 Å². The molecule has 5 nitrogen and oxygen atoms in total. The molecule has 0 aromatic heterocycles. The van der Waals surface area contributed by atoms with E-state index >= 15 is 0 Å². The number of anilines is 1. The van der Waals surface area contributed by atoms with E-state index in [4.69, 9.17) is 10.5 Å². The van der Waals surface area contributed by atoms with Crippen LogP contribution in [0.3, 0.4) is 0 Å². The molecule has 0 heterocycles. The third-order valence-corrected chi connectivity index (χ3v) is 2.90. The molecule has 0 saturated heterocycles. The van der Waals surface area contributed by atoms with Gasteiger partial charge in [0.2, 0.25) is 5.91 Å². The number of phenolic OH excluding ortho intramolecular Hbond substituents is 1. The number of amides is 1. The van der Waals surface area contributed by atoms with Crippen LogP contribution in [0, 0.1) is 5.82 Å². The molecule has 0 spiro atoms. The average molecular weight is 290 g/mol. The molecule has 0 aliphatic heterocycles. The summed E-state index contributed by atoms with van der Waals surface area (Å²) in [5.74, 6) is -1.01. The highest BCUT2D eigenvalue weighted by molar-refractivity contribution is 5.84. The van der Waals surface area contributed by atoms with Gasteiger partial charge >= 0.3 is 0 Å². The number of hydrogen-bond acceptors (Lipinski definition) is 4. The minimum atomic E-state index is -0.973. The van der Waals surface area contributed by atoms with E-state index in [9.17, 15) is 14.3 Å². The SMILES string of the molecule is COc1cccc(NC(C(N)=O)c2cc(O)cc(F)c2)c1. The third-order valence-electron chi connectivity index (χ3n) is 2.90. The second kappa shape index (κ2) is 6.13. The number of aromatic hydroxyl groups is 1. The van der Waals surface area contributed by atoms with E-state index in [1.54, 1.807) is 24.3 Å².